The number of hydrogen-bond acceptors (Lipinski definition) is 6. The highest BCUT2D eigenvalue weighted by Crippen LogP contribution is 2.31. The van der Waals surface area contributed by atoms with Gasteiger partial charge in [-0.25, -0.2) is 0 Å². The molecule has 0 atom stereocenters. The predicted molar refractivity (Wildman–Crippen MR) is 142 cm³/mol. The molecule has 0 aliphatic carbocycles. The summed E-state index contributed by atoms with van der Waals surface area (Å²) in [6.45, 7) is 4.02. The third kappa shape index (κ3) is 7.26. The van der Waals surface area contributed by atoms with Crippen LogP contribution in [0.4, 0.5) is 18.9 Å². The lowest BCUT2D eigenvalue weighted by Crippen LogP contribution is -2.44. The molecule has 2 fully saturated rings. The molecular formula is C29H32F3N5O2. The van der Waals surface area contributed by atoms with Crippen molar-refractivity contribution in [3.05, 3.63) is 83.9 Å². The number of nitrogens with one attached hydrogen (secondary N) is 1. The molecule has 2 aromatic heterocycles. The predicted octanol–water partition coefficient (Wildman–Crippen LogP) is 4.94. The van der Waals surface area contributed by atoms with Gasteiger partial charge in [-0.2, -0.15) is 13.2 Å². The number of carbonyl (C=O) groups excluding carboxylic acids is 1. The number of piperidine rings is 2. The third-order valence-corrected chi connectivity index (χ3v) is 7.33. The Morgan fingerprint density at radius 3 is 2.36 bits per heavy atom. The SMILES string of the molecule is O=C(NC1CCN(Cc2cccnc2)CC1)c1cncc(OC2CCN(c3ccc(C(F)(F)F)cc3)CC2)c1. The number of aromatic nitrogens is 2. The molecule has 2 aliphatic heterocycles. The van der Waals surface area contributed by atoms with E-state index in [0.29, 0.717) is 24.4 Å². The molecule has 0 saturated carbocycles. The zero-order valence-corrected chi connectivity index (χ0v) is 21.6. The number of halogens is 3. The molecule has 0 spiro atoms. The van der Waals surface area contributed by atoms with Crippen molar-refractivity contribution in [2.45, 2.75) is 50.6 Å². The molecule has 39 heavy (non-hydrogen) atoms. The number of rotatable bonds is 7. The minimum Gasteiger partial charge on any atom is -0.489 e. The van der Waals surface area contributed by atoms with Crippen LogP contribution in [0.15, 0.2) is 67.3 Å². The molecule has 1 amide bonds. The lowest BCUT2D eigenvalue weighted by molar-refractivity contribution is -0.137. The lowest BCUT2D eigenvalue weighted by atomic mass is 10.0. The third-order valence-electron chi connectivity index (χ3n) is 7.33. The Labute approximate surface area is 226 Å². The van der Waals surface area contributed by atoms with Crippen LogP contribution in [0.1, 0.15) is 47.2 Å². The Bertz CT molecular complexity index is 1220. The van der Waals surface area contributed by atoms with Crippen molar-refractivity contribution in [1.29, 1.82) is 0 Å². The van der Waals surface area contributed by atoms with E-state index in [9.17, 15) is 18.0 Å². The summed E-state index contributed by atoms with van der Waals surface area (Å²) in [5.74, 6) is 0.387. The number of benzene rings is 1. The van der Waals surface area contributed by atoms with Gasteiger partial charge in [-0.05, 0) is 54.8 Å². The number of likely N-dealkylation sites (tertiary alicyclic amines) is 1. The van der Waals surface area contributed by atoms with Crippen LogP contribution in [0.2, 0.25) is 0 Å². The van der Waals surface area contributed by atoms with Crippen molar-refractivity contribution in [2.24, 2.45) is 0 Å². The van der Waals surface area contributed by atoms with Crippen molar-refractivity contribution < 1.29 is 22.7 Å². The van der Waals surface area contributed by atoms with Crippen LogP contribution in [0.3, 0.4) is 0 Å². The normalized spacial score (nSPS) is 17.7. The van der Waals surface area contributed by atoms with Crippen molar-refractivity contribution >= 4 is 11.6 Å². The Kier molecular flexibility index (Phi) is 8.30. The number of pyridine rings is 2. The fourth-order valence-electron chi connectivity index (χ4n) is 5.15. The highest BCUT2D eigenvalue weighted by molar-refractivity contribution is 5.94. The molecule has 5 rings (SSSR count). The number of hydrogen-bond donors (Lipinski definition) is 1. The number of anilines is 1. The summed E-state index contributed by atoms with van der Waals surface area (Å²) in [4.78, 5) is 25.7. The Balaban J connectivity index is 1.08. The van der Waals surface area contributed by atoms with E-state index in [1.54, 1.807) is 24.7 Å². The quantitative estimate of drug-likeness (QED) is 0.459. The van der Waals surface area contributed by atoms with Crippen LogP contribution < -0.4 is 15.0 Å². The number of carbonyl (C=O) groups is 1. The Morgan fingerprint density at radius 2 is 1.69 bits per heavy atom. The molecule has 2 aliphatic rings. The fraction of sp³-hybridized carbons (Fsp3) is 0.414. The van der Waals surface area contributed by atoms with Crippen molar-refractivity contribution in [2.75, 3.05) is 31.1 Å². The molecular weight excluding hydrogens is 507 g/mol. The van der Waals surface area contributed by atoms with Crippen LogP contribution in [-0.2, 0) is 12.7 Å². The molecule has 10 heteroatoms. The number of amides is 1. The highest BCUT2D eigenvalue weighted by atomic mass is 19.4. The smallest absolute Gasteiger partial charge is 0.416 e. The Morgan fingerprint density at radius 1 is 0.949 bits per heavy atom. The maximum absolute atomic E-state index is 12.9. The molecule has 0 bridgehead atoms. The highest BCUT2D eigenvalue weighted by Gasteiger charge is 2.30. The summed E-state index contributed by atoms with van der Waals surface area (Å²) >= 11 is 0. The molecule has 206 valence electrons. The lowest BCUT2D eigenvalue weighted by Gasteiger charge is -2.34. The van der Waals surface area contributed by atoms with Gasteiger partial charge < -0.3 is 15.0 Å². The van der Waals surface area contributed by atoms with E-state index < -0.39 is 11.7 Å². The van der Waals surface area contributed by atoms with Gasteiger partial charge in [0, 0.05) is 75.9 Å². The van der Waals surface area contributed by atoms with E-state index in [2.05, 4.69) is 31.2 Å². The zero-order chi connectivity index (χ0) is 27.2. The minimum absolute atomic E-state index is 0.0556. The molecule has 1 aromatic carbocycles. The minimum atomic E-state index is -4.34. The second-order valence-corrected chi connectivity index (χ2v) is 10.1. The molecule has 1 N–H and O–H groups in total. The van der Waals surface area contributed by atoms with Crippen LogP contribution in [-0.4, -0.2) is 59.1 Å². The average molecular weight is 540 g/mol. The molecule has 0 unspecified atom stereocenters. The average Bonchev–Trinajstić information content (AvgIpc) is 2.95. The largest absolute Gasteiger partial charge is 0.489 e. The van der Waals surface area contributed by atoms with E-state index in [1.807, 2.05) is 12.3 Å². The summed E-state index contributed by atoms with van der Waals surface area (Å²) in [6, 6.07) is 11.1. The fourth-order valence-corrected chi connectivity index (χ4v) is 5.15. The molecule has 3 aromatic rings. The summed E-state index contributed by atoms with van der Waals surface area (Å²) in [6.07, 6.45) is 5.62. The maximum atomic E-state index is 12.9. The maximum Gasteiger partial charge on any atom is 0.416 e. The van der Waals surface area contributed by atoms with Gasteiger partial charge in [-0.1, -0.05) is 6.07 Å². The molecule has 2 saturated heterocycles. The molecule has 0 radical (unpaired) electrons. The van der Waals surface area contributed by atoms with Gasteiger partial charge in [0.1, 0.15) is 11.9 Å². The summed E-state index contributed by atoms with van der Waals surface area (Å²) in [5.41, 5.74) is 1.78. The summed E-state index contributed by atoms with van der Waals surface area (Å²) in [7, 11) is 0. The molecule has 4 heterocycles. The summed E-state index contributed by atoms with van der Waals surface area (Å²) < 4.78 is 44.6. The second-order valence-electron chi connectivity index (χ2n) is 10.1. The first-order valence-corrected chi connectivity index (χ1v) is 13.3. The zero-order valence-electron chi connectivity index (χ0n) is 21.6. The van der Waals surface area contributed by atoms with E-state index in [-0.39, 0.29) is 18.1 Å². The van der Waals surface area contributed by atoms with Gasteiger partial charge in [0.2, 0.25) is 0 Å². The van der Waals surface area contributed by atoms with Gasteiger partial charge in [0.25, 0.3) is 5.91 Å². The van der Waals surface area contributed by atoms with Gasteiger partial charge in [0.15, 0.2) is 0 Å². The number of ether oxygens (including phenoxy) is 1. The van der Waals surface area contributed by atoms with Crippen LogP contribution in [0, 0.1) is 0 Å². The van der Waals surface area contributed by atoms with Gasteiger partial charge in [-0.15, -0.1) is 0 Å². The first kappa shape index (κ1) is 26.9. The second kappa shape index (κ2) is 12.0. The van der Waals surface area contributed by atoms with Crippen LogP contribution in [0.25, 0.3) is 0 Å². The topological polar surface area (TPSA) is 70.6 Å². The van der Waals surface area contributed by atoms with E-state index >= 15 is 0 Å². The summed E-state index contributed by atoms with van der Waals surface area (Å²) in [5, 5.41) is 3.14. The van der Waals surface area contributed by atoms with Gasteiger partial charge in [0.05, 0.1) is 17.3 Å². The molecule has 7 nitrogen and oxygen atoms in total. The first-order valence-electron chi connectivity index (χ1n) is 13.3. The number of alkyl halides is 3. The Hall–Kier alpha value is -3.66. The van der Waals surface area contributed by atoms with E-state index in [0.717, 1.165) is 63.1 Å². The van der Waals surface area contributed by atoms with Gasteiger partial charge >= 0.3 is 6.18 Å². The van der Waals surface area contributed by atoms with Crippen molar-refractivity contribution in [1.82, 2.24) is 20.2 Å². The monoisotopic (exact) mass is 539 g/mol. The number of nitrogens with zero attached hydrogens (tertiary/aromatic N) is 4. The van der Waals surface area contributed by atoms with Crippen LogP contribution >= 0.6 is 0 Å². The van der Waals surface area contributed by atoms with Crippen molar-refractivity contribution in [3.8, 4) is 5.75 Å². The first-order chi connectivity index (χ1) is 18.8. The standard InChI is InChI=1S/C29H32F3N5O2/c30-29(31,32)23-3-5-25(6-4-23)37-14-9-26(10-15-37)39-27-16-22(18-34-19-27)28(38)35-24-7-12-36(13-8-24)20-21-2-1-11-33-17-21/h1-6,11,16-19,24,26H,7-10,12-15,20H2,(H,35,38). The van der Waals surface area contributed by atoms with E-state index in [1.165, 1.54) is 17.7 Å². The van der Waals surface area contributed by atoms with Crippen molar-refractivity contribution in [3.63, 3.8) is 0 Å². The van der Waals surface area contributed by atoms with Gasteiger partial charge in [-0.3, -0.25) is 19.7 Å². The van der Waals surface area contributed by atoms with E-state index in [4.69, 9.17) is 4.74 Å². The van der Waals surface area contributed by atoms with Crippen LogP contribution in [0.5, 0.6) is 5.75 Å².